The number of nitrogens with zero attached hydrogens (tertiary/aromatic N) is 1. The topological polar surface area (TPSA) is 72.9 Å². The zero-order valence-electron chi connectivity index (χ0n) is 17.2. The van der Waals surface area contributed by atoms with E-state index in [0.29, 0.717) is 12.8 Å². The summed E-state index contributed by atoms with van der Waals surface area (Å²) in [7, 11) is 0. The zero-order valence-corrected chi connectivity index (χ0v) is 17.9. The van der Waals surface area contributed by atoms with Gasteiger partial charge in [-0.25, -0.2) is 14.1 Å². The second-order valence-electron chi connectivity index (χ2n) is 7.91. The van der Waals surface area contributed by atoms with Crippen LogP contribution in [0.2, 0.25) is 5.02 Å². The molecule has 0 aromatic heterocycles. The first-order valence-electron chi connectivity index (χ1n) is 10.1. The molecular formula is C22H25ClFNO5. The Labute approximate surface area is 180 Å². The van der Waals surface area contributed by atoms with Crippen molar-refractivity contribution in [1.82, 2.24) is 0 Å². The molecule has 1 aromatic rings. The number of rotatable bonds is 6. The Morgan fingerprint density at radius 2 is 1.77 bits per heavy atom. The van der Waals surface area contributed by atoms with E-state index in [0.717, 1.165) is 23.8 Å². The molecule has 1 aromatic carbocycles. The molecule has 2 fully saturated rings. The first-order valence-corrected chi connectivity index (χ1v) is 10.5. The molecule has 3 rings (SSSR count). The van der Waals surface area contributed by atoms with Crippen LogP contribution in [0.15, 0.2) is 24.3 Å². The van der Waals surface area contributed by atoms with Gasteiger partial charge < -0.3 is 9.47 Å². The van der Waals surface area contributed by atoms with Crippen molar-refractivity contribution in [3.8, 4) is 5.75 Å². The average Bonchev–Trinajstić information content (AvgIpc) is 2.93. The normalized spacial score (nSPS) is 22.5. The number of esters is 1. The van der Waals surface area contributed by atoms with Gasteiger partial charge in [-0.05, 0) is 45.8 Å². The van der Waals surface area contributed by atoms with E-state index >= 15 is 0 Å². The van der Waals surface area contributed by atoms with Gasteiger partial charge in [0, 0.05) is 12.1 Å². The molecule has 162 valence electrons. The number of anilines is 1. The minimum absolute atomic E-state index is 0.00207. The van der Waals surface area contributed by atoms with Crippen LogP contribution < -0.4 is 9.64 Å². The number of carbonyl (C=O) groups is 3. The molecule has 0 radical (unpaired) electrons. The standard InChI is InChI=1S/C22H25ClFNO5/c1-12(2)29-20(26)9-8-13(3)30-19-11-18(17(24)10-16(19)23)25-21(27)14-6-4-5-7-15(14)22(25)28/h8-15H,4-7H2,1-3H3. The van der Waals surface area contributed by atoms with E-state index in [-0.39, 0.29) is 46.2 Å². The number of hydrogen-bond acceptors (Lipinski definition) is 5. The van der Waals surface area contributed by atoms with Crippen LogP contribution in [0.25, 0.3) is 0 Å². The van der Waals surface area contributed by atoms with Crippen LogP contribution >= 0.6 is 11.6 Å². The minimum Gasteiger partial charge on any atom is -0.485 e. The monoisotopic (exact) mass is 437 g/mol. The Hall–Kier alpha value is -2.41. The molecule has 1 aliphatic carbocycles. The predicted octanol–water partition coefficient (Wildman–Crippen LogP) is 4.43. The lowest BCUT2D eigenvalue weighted by Crippen LogP contribution is -2.31. The quantitative estimate of drug-likeness (QED) is 0.374. The number of amides is 2. The van der Waals surface area contributed by atoms with Gasteiger partial charge in [0.2, 0.25) is 11.8 Å². The number of benzene rings is 1. The number of imide groups is 1. The number of fused-ring (bicyclic) bond motifs is 1. The molecular weight excluding hydrogens is 413 g/mol. The highest BCUT2D eigenvalue weighted by Crippen LogP contribution is 2.42. The van der Waals surface area contributed by atoms with E-state index in [2.05, 4.69) is 0 Å². The van der Waals surface area contributed by atoms with Crippen LogP contribution in [0.5, 0.6) is 5.75 Å². The van der Waals surface area contributed by atoms with Gasteiger partial charge in [0.25, 0.3) is 0 Å². The number of carbonyl (C=O) groups excluding carboxylic acids is 3. The van der Waals surface area contributed by atoms with Crippen molar-refractivity contribution in [2.75, 3.05) is 4.90 Å². The molecule has 1 aliphatic heterocycles. The summed E-state index contributed by atoms with van der Waals surface area (Å²) in [5.41, 5.74) is -0.158. The van der Waals surface area contributed by atoms with Crippen LogP contribution in [0.3, 0.4) is 0 Å². The van der Waals surface area contributed by atoms with Crippen molar-refractivity contribution >= 4 is 35.1 Å². The lowest BCUT2D eigenvalue weighted by molar-refractivity contribution is -0.141. The summed E-state index contributed by atoms with van der Waals surface area (Å²) in [6, 6.07) is 2.29. The highest BCUT2D eigenvalue weighted by Gasteiger charge is 2.49. The molecule has 1 heterocycles. The second-order valence-corrected chi connectivity index (χ2v) is 8.32. The van der Waals surface area contributed by atoms with Crippen LogP contribution in [0.4, 0.5) is 10.1 Å². The van der Waals surface area contributed by atoms with Crippen molar-refractivity contribution in [2.45, 2.75) is 58.7 Å². The molecule has 3 unspecified atom stereocenters. The van der Waals surface area contributed by atoms with Crippen LogP contribution in [-0.4, -0.2) is 30.0 Å². The van der Waals surface area contributed by atoms with E-state index in [1.807, 2.05) is 0 Å². The molecule has 0 bridgehead atoms. The summed E-state index contributed by atoms with van der Waals surface area (Å²) in [5, 5.41) is -0.00207. The van der Waals surface area contributed by atoms with Gasteiger partial charge in [-0.2, -0.15) is 0 Å². The lowest BCUT2D eigenvalue weighted by atomic mass is 9.81. The highest BCUT2D eigenvalue weighted by molar-refractivity contribution is 6.32. The van der Waals surface area contributed by atoms with Crippen molar-refractivity contribution in [2.24, 2.45) is 11.8 Å². The van der Waals surface area contributed by atoms with Gasteiger partial charge in [-0.1, -0.05) is 24.4 Å². The molecule has 6 nitrogen and oxygen atoms in total. The third kappa shape index (κ3) is 4.67. The molecule has 0 spiro atoms. The SMILES string of the molecule is CC(C)OC(=O)C=CC(C)Oc1cc(N2C(=O)C3CCCCC3C2=O)c(F)cc1Cl. The van der Waals surface area contributed by atoms with Gasteiger partial charge in [-0.3, -0.25) is 9.59 Å². The van der Waals surface area contributed by atoms with Gasteiger partial charge in [0.15, 0.2) is 0 Å². The van der Waals surface area contributed by atoms with E-state index in [1.54, 1.807) is 20.8 Å². The molecule has 1 saturated carbocycles. The Morgan fingerprint density at radius 1 is 1.17 bits per heavy atom. The Morgan fingerprint density at radius 3 is 2.33 bits per heavy atom. The third-order valence-electron chi connectivity index (χ3n) is 5.25. The van der Waals surface area contributed by atoms with E-state index in [1.165, 1.54) is 18.2 Å². The van der Waals surface area contributed by atoms with Crippen LogP contribution in [0.1, 0.15) is 46.5 Å². The average molecular weight is 438 g/mol. The maximum Gasteiger partial charge on any atom is 0.330 e. The highest BCUT2D eigenvalue weighted by atomic mass is 35.5. The summed E-state index contributed by atoms with van der Waals surface area (Å²) in [5.74, 6) is -2.70. The number of ether oxygens (including phenoxy) is 2. The molecule has 0 N–H and O–H groups in total. The fourth-order valence-electron chi connectivity index (χ4n) is 3.91. The summed E-state index contributed by atoms with van der Waals surface area (Å²) < 4.78 is 25.4. The van der Waals surface area contributed by atoms with Crippen molar-refractivity contribution in [1.29, 1.82) is 0 Å². The van der Waals surface area contributed by atoms with Crippen molar-refractivity contribution in [3.63, 3.8) is 0 Å². The molecule has 2 amide bonds. The summed E-state index contributed by atoms with van der Waals surface area (Å²) >= 11 is 6.11. The van der Waals surface area contributed by atoms with Gasteiger partial charge in [0.1, 0.15) is 17.7 Å². The Bertz CT molecular complexity index is 861. The maximum absolute atomic E-state index is 14.7. The van der Waals surface area contributed by atoms with E-state index in [9.17, 15) is 18.8 Å². The van der Waals surface area contributed by atoms with Crippen LogP contribution in [-0.2, 0) is 19.1 Å². The molecule has 30 heavy (non-hydrogen) atoms. The fraction of sp³-hybridized carbons (Fsp3) is 0.500. The van der Waals surface area contributed by atoms with Crippen molar-refractivity contribution < 1.29 is 28.2 Å². The smallest absolute Gasteiger partial charge is 0.330 e. The zero-order chi connectivity index (χ0) is 22.0. The number of halogens is 2. The summed E-state index contributed by atoms with van der Waals surface area (Å²) in [6.07, 6.45) is 4.92. The minimum atomic E-state index is -0.767. The molecule has 3 atom stereocenters. The first-order chi connectivity index (χ1) is 14.2. The van der Waals surface area contributed by atoms with Gasteiger partial charge in [-0.15, -0.1) is 0 Å². The first kappa shape index (κ1) is 22.3. The molecule has 8 heteroatoms. The van der Waals surface area contributed by atoms with E-state index in [4.69, 9.17) is 21.1 Å². The Balaban J connectivity index is 1.81. The lowest BCUT2D eigenvalue weighted by Gasteiger charge is -2.19. The largest absolute Gasteiger partial charge is 0.485 e. The maximum atomic E-state index is 14.7. The van der Waals surface area contributed by atoms with Crippen LogP contribution in [0, 0.1) is 17.7 Å². The molecule has 1 saturated heterocycles. The summed E-state index contributed by atoms with van der Waals surface area (Å²) in [4.78, 5) is 38.1. The van der Waals surface area contributed by atoms with Gasteiger partial charge in [0.05, 0.1) is 28.6 Å². The Kier molecular flexibility index (Phi) is 6.81. The second kappa shape index (κ2) is 9.16. The van der Waals surface area contributed by atoms with E-state index < -0.39 is 17.9 Å². The molecule has 2 aliphatic rings. The predicted molar refractivity (Wildman–Crippen MR) is 110 cm³/mol. The van der Waals surface area contributed by atoms with Crippen molar-refractivity contribution in [3.05, 3.63) is 35.1 Å². The summed E-state index contributed by atoms with van der Waals surface area (Å²) in [6.45, 7) is 5.14. The van der Waals surface area contributed by atoms with Gasteiger partial charge >= 0.3 is 5.97 Å². The number of hydrogen-bond donors (Lipinski definition) is 0. The fourth-order valence-corrected chi connectivity index (χ4v) is 4.10. The third-order valence-corrected chi connectivity index (χ3v) is 5.55.